The number of amides is 1. The molecule has 2 fully saturated rings. The van der Waals surface area contributed by atoms with E-state index in [1.807, 2.05) is 38.1 Å². The molecule has 1 heterocycles. The predicted molar refractivity (Wildman–Crippen MR) is 125 cm³/mol. The molecule has 1 aromatic carbocycles. The number of aliphatic carboxylic acids is 1. The van der Waals surface area contributed by atoms with E-state index in [9.17, 15) is 14.7 Å². The van der Waals surface area contributed by atoms with Gasteiger partial charge in [-0.1, -0.05) is 37.5 Å². The van der Waals surface area contributed by atoms with Crippen molar-refractivity contribution in [2.75, 3.05) is 0 Å². The van der Waals surface area contributed by atoms with E-state index in [2.05, 4.69) is 10.3 Å². The molecule has 1 aromatic heterocycles. The second-order valence-electron chi connectivity index (χ2n) is 10.5. The normalized spacial score (nSPS) is 24.1. The van der Waals surface area contributed by atoms with E-state index in [-0.39, 0.29) is 6.42 Å². The fourth-order valence-corrected chi connectivity index (χ4v) is 5.85. The van der Waals surface area contributed by atoms with Crippen molar-refractivity contribution in [1.29, 1.82) is 0 Å². The van der Waals surface area contributed by atoms with Gasteiger partial charge in [0.15, 0.2) is 0 Å². The molecule has 32 heavy (non-hydrogen) atoms. The molecule has 2 aromatic rings. The minimum Gasteiger partial charge on any atom is -0.480 e. The molecule has 0 saturated heterocycles. The number of carbonyl (C=O) groups is 2. The summed E-state index contributed by atoms with van der Waals surface area (Å²) in [5.74, 6) is 1.43. The van der Waals surface area contributed by atoms with Gasteiger partial charge in [-0.15, -0.1) is 0 Å². The van der Waals surface area contributed by atoms with E-state index in [1.165, 1.54) is 38.5 Å². The van der Waals surface area contributed by atoms with Crippen molar-refractivity contribution in [1.82, 2.24) is 10.3 Å². The van der Waals surface area contributed by atoms with Crippen LogP contribution < -0.4 is 5.32 Å². The van der Waals surface area contributed by atoms with Crippen molar-refractivity contribution in [3.63, 3.8) is 0 Å². The van der Waals surface area contributed by atoms with Crippen LogP contribution in [0.1, 0.15) is 70.8 Å². The van der Waals surface area contributed by atoms with Gasteiger partial charge in [-0.25, -0.2) is 9.59 Å². The molecular formula is C26H36N2O4. The van der Waals surface area contributed by atoms with Crippen LogP contribution in [-0.4, -0.2) is 33.8 Å². The van der Waals surface area contributed by atoms with Crippen LogP contribution in [0.4, 0.5) is 4.79 Å². The first-order chi connectivity index (χ1) is 15.3. The van der Waals surface area contributed by atoms with E-state index < -0.39 is 23.7 Å². The number of hydrogen-bond acceptors (Lipinski definition) is 3. The third-order valence-electron chi connectivity index (χ3n) is 7.44. The number of nitrogens with one attached hydrogen (secondary N) is 2. The lowest BCUT2D eigenvalue weighted by Gasteiger charge is -2.40. The highest BCUT2D eigenvalue weighted by atomic mass is 16.6. The van der Waals surface area contributed by atoms with Crippen LogP contribution >= 0.6 is 0 Å². The number of rotatable bonds is 8. The number of ether oxygens (including phenoxy) is 1. The number of aromatic nitrogens is 1. The molecule has 2 bridgehead atoms. The Labute approximate surface area is 190 Å². The van der Waals surface area contributed by atoms with Gasteiger partial charge in [-0.3, -0.25) is 0 Å². The quantitative estimate of drug-likeness (QED) is 0.493. The number of carboxylic acid groups (broad SMARTS) is 1. The Hall–Kier alpha value is -2.50. The SMILES string of the molecule is CC(C)(CCC1CC2CCCC(C2)C1)OC(=O)N[C@@H](Cc1c[nH]c2ccccc12)C(=O)O. The maximum absolute atomic E-state index is 12.6. The summed E-state index contributed by atoms with van der Waals surface area (Å²) in [6, 6.07) is 6.68. The monoisotopic (exact) mass is 440 g/mol. The van der Waals surface area contributed by atoms with Gasteiger partial charge >= 0.3 is 12.1 Å². The second-order valence-corrected chi connectivity index (χ2v) is 10.5. The van der Waals surface area contributed by atoms with Gasteiger partial charge < -0.3 is 20.1 Å². The molecule has 2 unspecified atom stereocenters. The van der Waals surface area contributed by atoms with Crippen LogP contribution in [0, 0.1) is 17.8 Å². The lowest BCUT2D eigenvalue weighted by molar-refractivity contribution is -0.139. The van der Waals surface area contributed by atoms with Crippen molar-refractivity contribution in [2.24, 2.45) is 17.8 Å². The number of benzene rings is 1. The highest BCUT2D eigenvalue weighted by Gasteiger charge is 2.33. The molecule has 2 saturated carbocycles. The van der Waals surface area contributed by atoms with E-state index in [1.54, 1.807) is 6.20 Å². The van der Waals surface area contributed by atoms with Crippen LogP contribution in [-0.2, 0) is 16.0 Å². The van der Waals surface area contributed by atoms with Crippen molar-refractivity contribution in [2.45, 2.75) is 83.3 Å². The van der Waals surface area contributed by atoms with Gasteiger partial charge in [0.1, 0.15) is 11.6 Å². The van der Waals surface area contributed by atoms with Crippen LogP contribution in [0.2, 0.25) is 0 Å². The van der Waals surface area contributed by atoms with E-state index in [4.69, 9.17) is 4.74 Å². The Morgan fingerprint density at radius 1 is 1.19 bits per heavy atom. The van der Waals surface area contributed by atoms with E-state index in [0.717, 1.165) is 47.1 Å². The molecule has 1 amide bonds. The Morgan fingerprint density at radius 3 is 2.62 bits per heavy atom. The highest BCUT2D eigenvalue weighted by Crippen LogP contribution is 2.44. The fourth-order valence-electron chi connectivity index (χ4n) is 5.85. The molecule has 0 radical (unpaired) electrons. The zero-order valence-electron chi connectivity index (χ0n) is 19.2. The molecule has 2 aliphatic rings. The number of hydrogen-bond donors (Lipinski definition) is 3. The van der Waals surface area contributed by atoms with Crippen molar-refractivity contribution in [3.8, 4) is 0 Å². The van der Waals surface area contributed by atoms with Gasteiger partial charge in [0.05, 0.1) is 0 Å². The molecule has 4 rings (SSSR count). The third kappa shape index (κ3) is 5.64. The molecule has 3 atom stereocenters. The summed E-state index contributed by atoms with van der Waals surface area (Å²) < 4.78 is 5.69. The van der Waals surface area contributed by atoms with Crippen LogP contribution in [0.15, 0.2) is 30.5 Å². The molecule has 3 N–H and O–H groups in total. The maximum Gasteiger partial charge on any atom is 0.408 e. The van der Waals surface area contributed by atoms with Gasteiger partial charge in [0, 0.05) is 23.5 Å². The lowest BCUT2D eigenvalue weighted by Crippen LogP contribution is -2.45. The lowest BCUT2D eigenvalue weighted by atomic mass is 9.67. The third-order valence-corrected chi connectivity index (χ3v) is 7.44. The van der Waals surface area contributed by atoms with Gasteiger partial charge in [-0.05, 0) is 75.3 Å². The number of fused-ring (bicyclic) bond motifs is 3. The maximum atomic E-state index is 12.6. The molecule has 174 valence electrons. The van der Waals surface area contributed by atoms with Crippen molar-refractivity contribution in [3.05, 3.63) is 36.0 Å². The Balaban J connectivity index is 1.29. The molecule has 0 spiro atoms. The Kier molecular flexibility index (Phi) is 6.77. The summed E-state index contributed by atoms with van der Waals surface area (Å²) in [6.07, 6.45) is 11.4. The number of alkyl carbamates (subject to hydrolysis) is 1. The Morgan fingerprint density at radius 2 is 1.91 bits per heavy atom. The van der Waals surface area contributed by atoms with Crippen LogP contribution in [0.5, 0.6) is 0 Å². The predicted octanol–water partition coefficient (Wildman–Crippen LogP) is 5.67. The molecule has 6 nitrogen and oxygen atoms in total. The first-order valence-corrected chi connectivity index (χ1v) is 12.1. The summed E-state index contributed by atoms with van der Waals surface area (Å²) >= 11 is 0. The standard InChI is InChI=1S/C26H36N2O4/c1-26(2,11-10-19-13-17-6-5-7-18(12-17)14-19)32-25(31)28-23(24(29)30)15-20-16-27-22-9-4-3-8-21(20)22/h3-4,8-9,16-19,23,27H,5-7,10-15H2,1-2H3,(H,28,31)(H,29,30)/t17?,18?,19?,23-/m0/s1. The highest BCUT2D eigenvalue weighted by molar-refractivity contribution is 5.85. The number of carbonyl (C=O) groups excluding carboxylic acids is 1. The van der Waals surface area contributed by atoms with E-state index in [0.29, 0.717) is 0 Å². The summed E-state index contributed by atoms with van der Waals surface area (Å²) in [6.45, 7) is 3.84. The molecule has 0 aliphatic heterocycles. The minimum atomic E-state index is -1.07. The minimum absolute atomic E-state index is 0.194. The summed E-state index contributed by atoms with van der Waals surface area (Å²) in [7, 11) is 0. The average molecular weight is 441 g/mol. The molecule has 2 aliphatic carbocycles. The van der Waals surface area contributed by atoms with Crippen LogP contribution in [0.3, 0.4) is 0 Å². The average Bonchev–Trinajstić information content (AvgIpc) is 3.14. The second kappa shape index (κ2) is 9.55. The van der Waals surface area contributed by atoms with Gasteiger partial charge in [0.25, 0.3) is 0 Å². The number of carboxylic acids is 1. The van der Waals surface area contributed by atoms with Crippen LogP contribution in [0.25, 0.3) is 10.9 Å². The fraction of sp³-hybridized carbons (Fsp3) is 0.615. The molecule has 6 heteroatoms. The largest absolute Gasteiger partial charge is 0.480 e. The summed E-state index contributed by atoms with van der Waals surface area (Å²) in [5, 5.41) is 13.2. The van der Waals surface area contributed by atoms with Gasteiger partial charge in [-0.2, -0.15) is 0 Å². The van der Waals surface area contributed by atoms with Gasteiger partial charge in [0.2, 0.25) is 0 Å². The summed E-state index contributed by atoms with van der Waals surface area (Å²) in [4.78, 5) is 27.5. The first kappa shape index (κ1) is 22.7. The summed E-state index contributed by atoms with van der Waals surface area (Å²) in [5.41, 5.74) is 1.18. The first-order valence-electron chi connectivity index (χ1n) is 12.1. The number of aromatic amines is 1. The van der Waals surface area contributed by atoms with E-state index >= 15 is 0 Å². The number of para-hydroxylation sites is 1. The molecular weight excluding hydrogens is 404 g/mol. The van der Waals surface area contributed by atoms with Crippen molar-refractivity contribution >= 4 is 23.0 Å². The smallest absolute Gasteiger partial charge is 0.408 e. The zero-order chi connectivity index (χ0) is 22.7. The topological polar surface area (TPSA) is 91.4 Å². The Bertz CT molecular complexity index is 938. The van der Waals surface area contributed by atoms with Crippen molar-refractivity contribution < 1.29 is 19.4 Å². The zero-order valence-corrected chi connectivity index (χ0v) is 19.2. The number of H-pyrrole nitrogens is 1.